The molecule has 82 heavy (non-hydrogen) atoms. The molecule has 0 spiro atoms. The molecule has 0 saturated carbocycles. The van der Waals surface area contributed by atoms with E-state index < -0.39 is 0 Å². The Balaban J connectivity index is 0.899. The molecule has 0 N–H and O–H groups in total. The van der Waals surface area contributed by atoms with Crippen molar-refractivity contribution in [3.05, 3.63) is 255 Å². The standard InChI is InChI=1S/C70H42N12/c1-5-21-43(22-6-1)65-71-66(44-23-7-2-8-24-44)74-69(73-65)81-55-33-17-13-29-49(55)53-41-47(37-39-59(53)81)79-57-35-19-15-31-51(57)61-63(79)64-62(78-77-61)52-32-16-20-36-58(52)80(64)48-38-40-60-54(42-48)50-30-14-18-34-56(50)82(60)70-75-67(45-25-9-3-10-26-45)72-68(76-70)46-27-11-4-12-28-46/h1-42H. The molecule has 0 bridgehead atoms. The molecule has 12 heteroatoms. The molecule has 17 rings (SSSR count). The zero-order valence-corrected chi connectivity index (χ0v) is 43.6. The van der Waals surface area contributed by atoms with E-state index in [-0.39, 0.29) is 0 Å². The van der Waals surface area contributed by atoms with Crippen LogP contribution in [0, 0.1) is 0 Å². The zero-order chi connectivity index (χ0) is 53.8. The van der Waals surface area contributed by atoms with E-state index in [9.17, 15) is 0 Å². The van der Waals surface area contributed by atoms with Gasteiger partial charge in [-0.2, -0.15) is 19.9 Å². The Hall–Kier alpha value is -11.5. The average molecular weight is 1050 g/mol. The Morgan fingerprint density at radius 2 is 0.500 bits per heavy atom. The van der Waals surface area contributed by atoms with Crippen molar-refractivity contribution >= 4 is 87.5 Å². The lowest BCUT2D eigenvalue weighted by Crippen LogP contribution is -2.06. The first-order valence-electron chi connectivity index (χ1n) is 27.2. The first kappa shape index (κ1) is 45.5. The summed E-state index contributed by atoms with van der Waals surface area (Å²) in [5, 5.41) is 16.5. The fourth-order valence-electron chi connectivity index (χ4n) is 12.1. The van der Waals surface area contributed by atoms with Crippen LogP contribution < -0.4 is 0 Å². The SMILES string of the molecule is c1ccc(-c2nc(-c3ccccc3)nc(-n3c4ccccc4c4cc(-n5c6ccccc6c6nnc7c8ccccc8n(-c8ccc9c(c8)c8ccccc8n9-c8nc(-c9ccccc9)nc(-c9ccccc9)n8)c7c65)ccc43)n2)cc1. The number of hydrogen-bond acceptors (Lipinski definition) is 8. The third-order valence-electron chi connectivity index (χ3n) is 15.8. The zero-order valence-electron chi connectivity index (χ0n) is 43.6. The van der Waals surface area contributed by atoms with Crippen molar-refractivity contribution in [1.29, 1.82) is 0 Å². The van der Waals surface area contributed by atoms with Crippen LogP contribution in [0.3, 0.4) is 0 Å². The largest absolute Gasteiger partial charge is 0.306 e. The van der Waals surface area contributed by atoms with Gasteiger partial charge in [0.15, 0.2) is 23.3 Å². The van der Waals surface area contributed by atoms with Gasteiger partial charge in [0.2, 0.25) is 11.9 Å². The number of benzene rings is 10. The Kier molecular flexibility index (Phi) is 10.0. The number of fused-ring (bicyclic) bond motifs is 13. The summed E-state index contributed by atoms with van der Waals surface area (Å²) in [5.74, 6) is 3.46. The third kappa shape index (κ3) is 6.98. The van der Waals surface area contributed by atoms with Gasteiger partial charge in [0.05, 0.1) is 33.1 Å². The Bertz CT molecular complexity index is 4940. The van der Waals surface area contributed by atoms with E-state index >= 15 is 0 Å². The van der Waals surface area contributed by atoms with E-state index in [1.165, 1.54) is 0 Å². The molecule has 0 fully saturated rings. The van der Waals surface area contributed by atoms with E-state index in [0.29, 0.717) is 35.2 Å². The van der Waals surface area contributed by atoms with Crippen molar-refractivity contribution in [1.82, 2.24) is 58.4 Å². The van der Waals surface area contributed by atoms with Crippen LogP contribution in [0.25, 0.3) is 156 Å². The van der Waals surface area contributed by atoms with Crippen LogP contribution in [0.5, 0.6) is 0 Å². The summed E-state index contributed by atoms with van der Waals surface area (Å²) in [6.07, 6.45) is 0. The van der Waals surface area contributed by atoms with Crippen molar-refractivity contribution in [3.63, 3.8) is 0 Å². The summed E-state index contributed by atoms with van der Waals surface area (Å²) in [4.78, 5) is 30.9. The van der Waals surface area contributed by atoms with Crippen LogP contribution in [0.2, 0.25) is 0 Å². The van der Waals surface area contributed by atoms with Crippen LogP contribution in [-0.2, 0) is 0 Å². The highest BCUT2D eigenvalue weighted by Gasteiger charge is 2.26. The molecule has 0 atom stereocenters. The normalized spacial score (nSPS) is 11.9. The van der Waals surface area contributed by atoms with Crippen LogP contribution in [-0.4, -0.2) is 58.4 Å². The van der Waals surface area contributed by atoms with Crippen molar-refractivity contribution in [2.75, 3.05) is 0 Å². The van der Waals surface area contributed by atoms with Crippen molar-refractivity contribution in [3.8, 4) is 68.8 Å². The second-order valence-corrected chi connectivity index (χ2v) is 20.4. The molecule has 7 heterocycles. The Labute approximate surface area is 467 Å². The highest BCUT2D eigenvalue weighted by molar-refractivity contribution is 6.21. The maximum Gasteiger partial charge on any atom is 0.238 e. The molecular weight excluding hydrogens is 1010 g/mol. The monoisotopic (exact) mass is 1050 g/mol. The molecule has 12 nitrogen and oxygen atoms in total. The summed E-state index contributed by atoms with van der Waals surface area (Å²) in [5.41, 5.74) is 15.0. The van der Waals surface area contributed by atoms with Crippen molar-refractivity contribution in [2.45, 2.75) is 0 Å². The first-order chi connectivity index (χ1) is 40.7. The maximum atomic E-state index is 5.21. The topological polar surface area (TPSA) is 123 Å². The van der Waals surface area contributed by atoms with E-state index in [2.05, 4.69) is 152 Å². The number of rotatable bonds is 8. The summed E-state index contributed by atoms with van der Waals surface area (Å²) in [6, 6.07) is 87.8. The molecule has 17 aromatic rings. The fourth-order valence-corrected chi connectivity index (χ4v) is 12.1. The van der Waals surface area contributed by atoms with Gasteiger partial charge in [0.25, 0.3) is 0 Å². The molecule has 382 valence electrons. The lowest BCUT2D eigenvalue weighted by Gasteiger charge is -2.13. The first-order valence-corrected chi connectivity index (χ1v) is 27.2. The lowest BCUT2D eigenvalue weighted by atomic mass is 10.1. The van der Waals surface area contributed by atoms with E-state index in [0.717, 1.165) is 121 Å². The van der Waals surface area contributed by atoms with Gasteiger partial charge in [-0.1, -0.05) is 194 Å². The Morgan fingerprint density at radius 3 is 0.841 bits per heavy atom. The van der Waals surface area contributed by atoms with Gasteiger partial charge in [-0.3, -0.25) is 9.13 Å². The predicted octanol–water partition coefficient (Wildman–Crippen LogP) is 15.9. The lowest BCUT2D eigenvalue weighted by molar-refractivity contribution is 0.953. The minimum absolute atomic E-state index is 0.535. The number of para-hydroxylation sites is 4. The van der Waals surface area contributed by atoms with Gasteiger partial charge in [0, 0.05) is 65.9 Å². The summed E-state index contributed by atoms with van der Waals surface area (Å²) < 4.78 is 9.07. The van der Waals surface area contributed by atoms with Crippen LogP contribution in [0.1, 0.15) is 0 Å². The smallest absolute Gasteiger partial charge is 0.238 e. The second kappa shape index (κ2) is 18.0. The van der Waals surface area contributed by atoms with Crippen molar-refractivity contribution in [2.24, 2.45) is 0 Å². The van der Waals surface area contributed by atoms with E-state index in [4.69, 9.17) is 40.1 Å². The molecule has 10 aromatic carbocycles. The van der Waals surface area contributed by atoms with Crippen LogP contribution in [0.4, 0.5) is 0 Å². The van der Waals surface area contributed by atoms with Crippen LogP contribution in [0.15, 0.2) is 255 Å². The summed E-state index contributed by atoms with van der Waals surface area (Å²) in [6.45, 7) is 0. The molecule has 0 aliphatic carbocycles. The third-order valence-corrected chi connectivity index (χ3v) is 15.8. The molecule has 0 saturated heterocycles. The highest BCUT2D eigenvalue weighted by Crippen LogP contribution is 2.43. The Morgan fingerprint density at radius 1 is 0.220 bits per heavy atom. The van der Waals surface area contributed by atoms with Gasteiger partial charge in [-0.25, -0.2) is 9.97 Å². The molecule has 0 aliphatic heterocycles. The second-order valence-electron chi connectivity index (χ2n) is 20.4. The van der Waals surface area contributed by atoms with Gasteiger partial charge < -0.3 is 9.13 Å². The van der Waals surface area contributed by atoms with Gasteiger partial charge in [0.1, 0.15) is 22.1 Å². The van der Waals surface area contributed by atoms with E-state index in [1.54, 1.807) is 0 Å². The quantitative estimate of drug-likeness (QED) is 0.147. The molecule has 0 unspecified atom stereocenters. The molecule has 7 aromatic heterocycles. The minimum atomic E-state index is 0.535. The molecule has 0 radical (unpaired) electrons. The number of nitrogens with zero attached hydrogens (tertiary/aromatic N) is 12. The number of hydrogen-bond donors (Lipinski definition) is 0. The maximum absolute atomic E-state index is 5.21. The molecule has 0 amide bonds. The molecule has 0 aliphatic rings. The average Bonchev–Trinajstić information content (AvgIpc) is 2.99. The number of aromatic nitrogens is 12. The van der Waals surface area contributed by atoms with Gasteiger partial charge >= 0.3 is 0 Å². The van der Waals surface area contributed by atoms with Gasteiger partial charge in [-0.15, -0.1) is 10.2 Å². The van der Waals surface area contributed by atoms with Gasteiger partial charge in [-0.05, 0) is 60.7 Å². The highest BCUT2D eigenvalue weighted by atomic mass is 15.2. The van der Waals surface area contributed by atoms with Crippen molar-refractivity contribution < 1.29 is 0 Å². The van der Waals surface area contributed by atoms with Crippen LogP contribution >= 0.6 is 0 Å². The molecular formula is C70H42N12. The predicted molar refractivity (Wildman–Crippen MR) is 328 cm³/mol. The fraction of sp³-hybridized carbons (Fsp3) is 0. The van der Waals surface area contributed by atoms with E-state index in [1.807, 2.05) is 121 Å². The summed E-state index contributed by atoms with van der Waals surface area (Å²) in [7, 11) is 0. The minimum Gasteiger partial charge on any atom is -0.306 e. The summed E-state index contributed by atoms with van der Waals surface area (Å²) >= 11 is 0.